The highest BCUT2D eigenvalue weighted by molar-refractivity contribution is 6.30. The number of Topliss-reactive ketones (excluding diaryl/α,β-unsaturated/α-hetero) is 1. The molecule has 0 atom stereocenters. The Balaban J connectivity index is 2.12. The number of hydrogen-bond acceptors (Lipinski definition) is 2. The first-order valence-corrected chi connectivity index (χ1v) is 7.52. The highest BCUT2D eigenvalue weighted by atomic mass is 35.5. The normalized spacial score (nSPS) is 18.8. The van der Waals surface area contributed by atoms with Crippen LogP contribution in [0.15, 0.2) is 24.3 Å². The number of hydrogen-bond donors (Lipinski definition) is 1. The smallest absolute Gasteiger partial charge is 0.144 e. The van der Waals surface area contributed by atoms with Crippen LogP contribution in [0.5, 0.6) is 0 Å². The van der Waals surface area contributed by atoms with Crippen LogP contribution in [-0.2, 0) is 11.2 Å². The van der Waals surface area contributed by atoms with Crippen molar-refractivity contribution in [2.75, 3.05) is 6.54 Å². The zero-order valence-corrected chi connectivity index (χ0v) is 12.1. The van der Waals surface area contributed by atoms with Gasteiger partial charge in [-0.1, -0.05) is 49.4 Å². The van der Waals surface area contributed by atoms with Crippen LogP contribution < -0.4 is 5.73 Å². The molecular formula is C16H22ClNO. The summed E-state index contributed by atoms with van der Waals surface area (Å²) in [4.78, 5) is 12.7. The summed E-state index contributed by atoms with van der Waals surface area (Å²) >= 11 is 5.97. The van der Waals surface area contributed by atoms with Crippen molar-refractivity contribution < 1.29 is 4.79 Å². The summed E-state index contributed by atoms with van der Waals surface area (Å²) in [6.07, 6.45) is 7.05. The predicted molar refractivity (Wildman–Crippen MR) is 79.4 cm³/mol. The number of carbonyl (C=O) groups excluding carboxylic acids is 1. The standard InChI is InChI=1S/C16H22ClNO/c17-14-7-5-6-13(10-14)11-15(19)16(12-18)8-3-1-2-4-9-16/h5-7,10H,1-4,8-9,11-12,18H2. The monoisotopic (exact) mass is 279 g/mol. The van der Waals surface area contributed by atoms with E-state index in [1.54, 1.807) is 0 Å². The first-order chi connectivity index (χ1) is 9.16. The van der Waals surface area contributed by atoms with Crippen LogP contribution in [0.1, 0.15) is 44.1 Å². The first kappa shape index (κ1) is 14.5. The number of benzene rings is 1. The van der Waals surface area contributed by atoms with Crippen molar-refractivity contribution in [3.63, 3.8) is 0 Å². The molecule has 104 valence electrons. The molecule has 1 aliphatic carbocycles. The molecule has 0 radical (unpaired) electrons. The van der Waals surface area contributed by atoms with Crippen molar-refractivity contribution in [2.24, 2.45) is 11.1 Å². The van der Waals surface area contributed by atoms with Crippen molar-refractivity contribution in [3.8, 4) is 0 Å². The van der Waals surface area contributed by atoms with Crippen molar-refractivity contribution in [2.45, 2.75) is 44.9 Å². The summed E-state index contributed by atoms with van der Waals surface area (Å²) in [6.45, 7) is 0.479. The fourth-order valence-corrected chi connectivity index (χ4v) is 3.23. The van der Waals surface area contributed by atoms with E-state index in [0.29, 0.717) is 23.8 Å². The molecule has 0 amide bonds. The van der Waals surface area contributed by atoms with Gasteiger partial charge in [-0.2, -0.15) is 0 Å². The Bertz CT molecular complexity index is 436. The summed E-state index contributed by atoms with van der Waals surface area (Å²) in [5.74, 6) is 0.291. The van der Waals surface area contributed by atoms with Gasteiger partial charge in [0.05, 0.1) is 0 Å². The topological polar surface area (TPSA) is 43.1 Å². The summed E-state index contributed by atoms with van der Waals surface area (Å²) in [5.41, 5.74) is 6.65. The predicted octanol–water partition coefficient (Wildman–Crippen LogP) is 3.75. The zero-order chi connectivity index (χ0) is 13.7. The van der Waals surface area contributed by atoms with E-state index in [9.17, 15) is 4.79 Å². The molecule has 2 rings (SSSR count). The second-order valence-electron chi connectivity index (χ2n) is 5.63. The molecule has 1 aliphatic rings. The average molecular weight is 280 g/mol. The molecule has 1 aromatic rings. The van der Waals surface area contributed by atoms with Crippen LogP contribution in [0.4, 0.5) is 0 Å². The molecule has 3 heteroatoms. The Morgan fingerprint density at radius 2 is 1.89 bits per heavy atom. The van der Waals surface area contributed by atoms with Gasteiger partial charge in [-0.25, -0.2) is 0 Å². The van der Waals surface area contributed by atoms with Crippen molar-refractivity contribution in [1.82, 2.24) is 0 Å². The number of halogens is 1. The van der Waals surface area contributed by atoms with Crippen LogP contribution in [0.3, 0.4) is 0 Å². The molecule has 0 aromatic heterocycles. The third kappa shape index (κ3) is 3.58. The zero-order valence-electron chi connectivity index (χ0n) is 11.3. The van der Waals surface area contributed by atoms with E-state index in [-0.39, 0.29) is 5.41 Å². The maximum atomic E-state index is 12.7. The van der Waals surface area contributed by atoms with Crippen LogP contribution in [0.25, 0.3) is 0 Å². The molecule has 0 aliphatic heterocycles. The minimum absolute atomic E-state index is 0.291. The fourth-order valence-electron chi connectivity index (χ4n) is 3.02. The molecule has 1 saturated carbocycles. The Morgan fingerprint density at radius 1 is 1.21 bits per heavy atom. The van der Waals surface area contributed by atoms with Gasteiger partial charge in [0, 0.05) is 23.4 Å². The second kappa shape index (κ2) is 6.53. The lowest BCUT2D eigenvalue weighted by molar-refractivity contribution is -0.128. The molecular weight excluding hydrogens is 258 g/mol. The van der Waals surface area contributed by atoms with Gasteiger partial charge in [0.1, 0.15) is 5.78 Å². The van der Waals surface area contributed by atoms with E-state index in [1.165, 1.54) is 12.8 Å². The van der Waals surface area contributed by atoms with E-state index in [4.69, 9.17) is 17.3 Å². The molecule has 2 nitrogen and oxygen atoms in total. The van der Waals surface area contributed by atoms with Gasteiger partial charge in [-0.15, -0.1) is 0 Å². The second-order valence-corrected chi connectivity index (χ2v) is 6.06. The maximum absolute atomic E-state index is 12.7. The summed E-state index contributed by atoms with van der Waals surface area (Å²) in [7, 11) is 0. The van der Waals surface area contributed by atoms with Crippen LogP contribution >= 0.6 is 11.6 Å². The molecule has 0 bridgehead atoms. The highest BCUT2D eigenvalue weighted by Crippen LogP contribution is 2.36. The molecule has 0 heterocycles. The third-order valence-corrected chi connectivity index (χ3v) is 4.53. The Hall–Kier alpha value is -0.860. The van der Waals surface area contributed by atoms with Crippen molar-refractivity contribution in [1.29, 1.82) is 0 Å². The van der Waals surface area contributed by atoms with Gasteiger partial charge in [0.15, 0.2) is 0 Å². The van der Waals surface area contributed by atoms with Gasteiger partial charge in [-0.3, -0.25) is 4.79 Å². The fraction of sp³-hybridized carbons (Fsp3) is 0.562. The van der Waals surface area contributed by atoms with Gasteiger partial charge in [-0.05, 0) is 30.5 Å². The van der Waals surface area contributed by atoms with Crippen LogP contribution in [0, 0.1) is 5.41 Å². The van der Waals surface area contributed by atoms with Crippen molar-refractivity contribution in [3.05, 3.63) is 34.9 Å². The SMILES string of the molecule is NCC1(C(=O)Cc2cccc(Cl)c2)CCCCCC1. The number of rotatable bonds is 4. The summed E-state index contributed by atoms with van der Waals surface area (Å²) in [6, 6.07) is 7.57. The van der Waals surface area contributed by atoms with Gasteiger partial charge >= 0.3 is 0 Å². The average Bonchev–Trinajstić information content (AvgIpc) is 2.65. The minimum atomic E-state index is -0.293. The molecule has 1 aromatic carbocycles. The Kier molecular flexibility index (Phi) is 5.00. The first-order valence-electron chi connectivity index (χ1n) is 7.14. The van der Waals surface area contributed by atoms with Gasteiger partial charge in [0.25, 0.3) is 0 Å². The number of nitrogens with two attached hydrogens (primary N) is 1. The molecule has 1 fully saturated rings. The Labute approximate surface area is 120 Å². The maximum Gasteiger partial charge on any atom is 0.144 e. The molecule has 0 unspecified atom stereocenters. The summed E-state index contributed by atoms with van der Waals surface area (Å²) in [5, 5.41) is 0.688. The lowest BCUT2D eigenvalue weighted by Gasteiger charge is -2.29. The third-order valence-electron chi connectivity index (χ3n) is 4.30. The largest absolute Gasteiger partial charge is 0.329 e. The van der Waals surface area contributed by atoms with Crippen LogP contribution in [0.2, 0.25) is 5.02 Å². The van der Waals surface area contributed by atoms with E-state index in [0.717, 1.165) is 31.2 Å². The summed E-state index contributed by atoms with van der Waals surface area (Å²) < 4.78 is 0. The minimum Gasteiger partial charge on any atom is -0.329 e. The van der Waals surface area contributed by atoms with Gasteiger partial charge < -0.3 is 5.73 Å². The van der Waals surface area contributed by atoms with E-state index in [2.05, 4.69) is 0 Å². The van der Waals surface area contributed by atoms with Gasteiger partial charge in [0.2, 0.25) is 0 Å². The van der Waals surface area contributed by atoms with E-state index >= 15 is 0 Å². The molecule has 19 heavy (non-hydrogen) atoms. The molecule has 2 N–H and O–H groups in total. The molecule has 0 saturated heterocycles. The molecule has 0 spiro atoms. The lowest BCUT2D eigenvalue weighted by Crippen LogP contribution is -2.39. The number of ketones is 1. The Morgan fingerprint density at radius 3 is 2.47 bits per heavy atom. The van der Waals surface area contributed by atoms with E-state index < -0.39 is 0 Å². The van der Waals surface area contributed by atoms with Crippen LogP contribution in [-0.4, -0.2) is 12.3 Å². The van der Waals surface area contributed by atoms with E-state index in [1.807, 2.05) is 24.3 Å². The quantitative estimate of drug-likeness (QED) is 0.853. The lowest BCUT2D eigenvalue weighted by atomic mass is 9.75. The number of carbonyl (C=O) groups is 1. The highest BCUT2D eigenvalue weighted by Gasteiger charge is 2.36. The van der Waals surface area contributed by atoms with Crippen molar-refractivity contribution >= 4 is 17.4 Å².